The van der Waals surface area contributed by atoms with Crippen molar-refractivity contribution in [3.05, 3.63) is 59.6 Å². The van der Waals surface area contributed by atoms with Gasteiger partial charge in [-0.2, -0.15) is 0 Å². The number of nitrogens with two attached hydrogens (primary N) is 1. The molecule has 0 bridgehead atoms. The lowest BCUT2D eigenvalue weighted by Gasteiger charge is -2.00. The van der Waals surface area contributed by atoms with E-state index in [2.05, 4.69) is 15.2 Å². The summed E-state index contributed by atoms with van der Waals surface area (Å²) < 4.78 is 19.7. The van der Waals surface area contributed by atoms with Crippen LogP contribution >= 0.6 is 23.1 Å². The molecule has 0 radical (unpaired) electrons. The standard InChI is InChI=1S/C16H12FN5OS2/c17-11-5-3-10(4-6-11)15-19-12(8-24-15)9-25-16-21-20-14(22(16)18)13-2-1-7-23-13/h1-8H,9,18H2. The van der Waals surface area contributed by atoms with Crippen molar-refractivity contribution in [3.8, 4) is 22.2 Å². The number of aromatic nitrogens is 4. The van der Waals surface area contributed by atoms with Crippen LogP contribution in [0.5, 0.6) is 0 Å². The highest BCUT2D eigenvalue weighted by Crippen LogP contribution is 2.28. The molecule has 0 spiro atoms. The first-order valence-electron chi connectivity index (χ1n) is 7.28. The first kappa shape index (κ1) is 15.9. The smallest absolute Gasteiger partial charge is 0.218 e. The molecule has 3 heterocycles. The molecule has 0 saturated heterocycles. The number of thioether (sulfide) groups is 1. The number of furan rings is 1. The Hall–Kier alpha value is -2.65. The Labute approximate surface area is 150 Å². The zero-order valence-electron chi connectivity index (χ0n) is 12.8. The summed E-state index contributed by atoms with van der Waals surface area (Å²) in [6.07, 6.45) is 1.56. The van der Waals surface area contributed by atoms with Crippen LogP contribution in [-0.2, 0) is 5.75 Å². The number of thiazole rings is 1. The van der Waals surface area contributed by atoms with Gasteiger partial charge in [0.1, 0.15) is 10.8 Å². The van der Waals surface area contributed by atoms with Crippen molar-refractivity contribution in [1.29, 1.82) is 0 Å². The first-order valence-corrected chi connectivity index (χ1v) is 9.15. The van der Waals surface area contributed by atoms with E-state index in [1.54, 1.807) is 30.5 Å². The summed E-state index contributed by atoms with van der Waals surface area (Å²) in [7, 11) is 0. The lowest BCUT2D eigenvalue weighted by molar-refractivity contribution is 0.574. The van der Waals surface area contributed by atoms with Crippen LogP contribution in [0.15, 0.2) is 57.6 Å². The van der Waals surface area contributed by atoms with Gasteiger partial charge in [0.25, 0.3) is 0 Å². The molecule has 126 valence electrons. The number of halogens is 1. The fourth-order valence-electron chi connectivity index (χ4n) is 2.19. The molecule has 6 nitrogen and oxygen atoms in total. The predicted molar refractivity (Wildman–Crippen MR) is 94.9 cm³/mol. The predicted octanol–water partition coefficient (Wildman–Crippen LogP) is 3.81. The molecule has 3 aromatic heterocycles. The van der Waals surface area contributed by atoms with Gasteiger partial charge in [0.15, 0.2) is 5.76 Å². The molecule has 0 atom stereocenters. The Morgan fingerprint density at radius 3 is 2.80 bits per heavy atom. The van der Waals surface area contributed by atoms with Gasteiger partial charge < -0.3 is 10.3 Å². The average molecular weight is 373 g/mol. The van der Waals surface area contributed by atoms with Crippen molar-refractivity contribution >= 4 is 23.1 Å². The van der Waals surface area contributed by atoms with Gasteiger partial charge in [-0.25, -0.2) is 14.1 Å². The molecule has 4 aromatic rings. The fourth-order valence-corrected chi connectivity index (χ4v) is 3.87. The summed E-state index contributed by atoms with van der Waals surface area (Å²) >= 11 is 2.95. The first-order chi connectivity index (χ1) is 12.2. The Morgan fingerprint density at radius 2 is 2.04 bits per heavy atom. The van der Waals surface area contributed by atoms with E-state index in [1.807, 2.05) is 5.38 Å². The van der Waals surface area contributed by atoms with E-state index in [0.29, 0.717) is 22.5 Å². The minimum Gasteiger partial charge on any atom is -0.461 e. The van der Waals surface area contributed by atoms with E-state index < -0.39 is 0 Å². The molecule has 4 rings (SSSR count). The van der Waals surface area contributed by atoms with E-state index >= 15 is 0 Å². The summed E-state index contributed by atoms with van der Waals surface area (Å²) in [6, 6.07) is 9.84. The lowest BCUT2D eigenvalue weighted by Crippen LogP contribution is -2.11. The minimum atomic E-state index is -0.259. The van der Waals surface area contributed by atoms with Crippen LogP contribution < -0.4 is 5.84 Å². The fraction of sp³-hybridized carbons (Fsp3) is 0.0625. The molecule has 0 unspecified atom stereocenters. The molecule has 0 saturated carbocycles. The van der Waals surface area contributed by atoms with Crippen molar-refractivity contribution in [3.63, 3.8) is 0 Å². The van der Waals surface area contributed by atoms with E-state index in [9.17, 15) is 4.39 Å². The van der Waals surface area contributed by atoms with Crippen molar-refractivity contribution in [2.45, 2.75) is 10.9 Å². The third kappa shape index (κ3) is 3.28. The number of hydrogen-bond acceptors (Lipinski definition) is 7. The van der Waals surface area contributed by atoms with Gasteiger partial charge in [0, 0.05) is 16.7 Å². The normalized spacial score (nSPS) is 11.1. The van der Waals surface area contributed by atoms with Crippen LogP contribution in [0.3, 0.4) is 0 Å². The zero-order valence-corrected chi connectivity index (χ0v) is 14.4. The Kier molecular flexibility index (Phi) is 4.24. The summed E-state index contributed by atoms with van der Waals surface area (Å²) in [5.74, 6) is 7.40. The van der Waals surface area contributed by atoms with Gasteiger partial charge in [-0.1, -0.05) is 11.8 Å². The SMILES string of the molecule is Nn1c(SCc2csc(-c3ccc(F)cc3)n2)nnc1-c1ccco1. The van der Waals surface area contributed by atoms with Crippen LogP contribution in [0.25, 0.3) is 22.2 Å². The third-order valence-corrected chi connectivity index (χ3v) is 5.31. The van der Waals surface area contributed by atoms with Gasteiger partial charge in [0.2, 0.25) is 11.0 Å². The van der Waals surface area contributed by atoms with E-state index in [4.69, 9.17) is 10.3 Å². The molecule has 0 fully saturated rings. The third-order valence-electron chi connectivity index (χ3n) is 3.40. The van der Waals surface area contributed by atoms with Crippen LogP contribution in [0, 0.1) is 5.82 Å². The van der Waals surface area contributed by atoms with Crippen LogP contribution in [0.1, 0.15) is 5.69 Å². The molecule has 0 amide bonds. The Bertz CT molecular complexity index is 979. The molecule has 1 aromatic carbocycles. The number of nitrogens with zero attached hydrogens (tertiary/aromatic N) is 4. The topological polar surface area (TPSA) is 82.8 Å². The molecule has 0 aliphatic carbocycles. The highest BCUT2D eigenvalue weighted by molar-refractivity contribution is 7.98. The van der Waals surface area contributed by atoms with E-state index in [0.717, 1.165) is 16.3 Å². The number of benzene rings is 1. The maximum absolute atomic E-state index is 13.0. The average Bonchev–Trinajstić information content (AvgIpc) is 3.34. The van der Waals surface area contributed by atoms with Crippen LogP contribution in [0.4, 0.5) is 4.39 Å². The molecular formula is C16H12FN5OS2. The second-order valence-electron chi connectivity index (χ2n) is 5.09. The monoisotopic (exact) mass is 373 g/mol. The lowest BCUT2D eigenvalue weighted by atomic mass is 10.2. The van der Waals surface area contributed by atoms with Crippen molar-refractivity contribution < 1.29 is 8.81 Å². The summed E-state index contributed by atoms with van der Waals surface area (Å²) in [5.41, 5.74) is 1.79. The molecule has 0 aliphatic rings. The second-order valence-corrected chi connectivity index (χ2v) is 6.89. The highest BCUT2D eigenvalue weighted by Gasteiger charge is 2.15. The minimum absolute atomic E-state index is 0.259. The van der Waals surface area contributed by atoms with Crippen LogP contribution in [-0.4, -0.2) is 19.9 Å². The second kappa shape index (κ2) is 6.69. The van der Waals surface area contributed by atoms with Gasteiger partial charge >= 0.3 is 0 Å². The van der Waals surface area contributed by atoms with Crippen molar-refractivity contribution in [2.24, 2.45) is 0 Å². The van der Waals surface area contributed by atoms with Crippen molar-refractivity contribution in [1.82, 2.24) is 19.9 Å². The van der Waals surface area contributed by atoms with Gasteiger partial charge in [0.05, 0.1) is 12.0 Å². The maximum atomic E-state index is 13.0. The van der Waals surface area contributed by atoms with Gasteiger partial charge in [-0.05, 0) is 36.4 Å². The number of nitrogen functional groups attached to an aromatic ring is 1. The highest BCUT2D eigenvalue weighted by atomic mass is 32.2. The number of rotatable bonds is 5. The van der Waals surface area contributed by atoms with Gasteiger partial charge in [-0.3, -0.25) is 0 Å². The molecule has 9 heteroatoms. The molecule has 2 N–H and O–H groups in total. The Morgan fingerprint density at radius 1 is 1.20 bits per heavy atom. The molecule has 0 aliphatic heterocycles. The molecular weight excluding hydrogens is 361 g/mol. The molecule has 25 heavy (non-hydrogen) atoms. The van der Waals surface area contributed by atoms with Gasteiger partial charge in [-0.15, -0.1) is 21.5 Å². The largest absolute Gasteiger partial charge is 0.461 e. The number of hydrogen-bond donors (Lipinski definition) is 1. The van der Waals surface area contributed by atoms with E-state index in [1.165, 1.54) is 39.9 Å². The summed E-state index contributed by atoms with van der Waals surface area (Å²) in [4.78, 5) is 4.57. The summed E-state index contributed by atoms with van der Waals surface area (Å²) in [5, 5.41) is 11.5. The van der Waals surface area contributed by atoms with Crippen molar-refractivity contribution in [2.75, 3.05) is 5.84 Å². The van der Waals surface area contributed by atoms with E-state index in [-0.39, 0.29) is 5.82 Å². The Balaban J connectivity index is 1.46. The maximum Gasteiger partial charge on any atom is 0.218 e. The van der Waals surface area contributed by atoms with Crippen LogP contribution in [0.2, 0.25) is 0 Å². The summed E-state index contributed by atoms with van der Waals surface area (Å²) in [6.45, 7) is 0. The zero-order chi connectivity index (χ0) is 17.2. The quantitative estimate of drug-likeness (QED) is 0.423.